The highest BCUT2D eigenvalue weighted by Crippen LogP contribution is 2.40. The van der Waals surface area contributed by atoms with Crippen molar-refractivity contribution in [2.45, 2.75) is 38.4 Å². The number of nitriles is 1. The van der Waals surface area contributed by atoms with Crippen LogP contribution >= 0.6 is 0 Å². The van der Waals surface area contributed by atoms with Crippen molar-refractivity contribution in [3.63, 3.8) is 0 Å². The molecule has 0 spiro atoms. The van der Waals surface area contributed by atoms with Crippen LogP contribution in [0.4, 0.5) is 0 Å². The molecule has 300 valence electrons. The standard InChI is InChI=1S/C40H47N9O8/c1-23-4-8-28(26(18-23)7-11-34(44)50)38(53)46-22-35(51)49(3)36-27-6-10-33(57-17-14-43)30(21-27)29-19-25(5-9-32(29)56-16-13-42)20-31(39(54)45-15-12-41)48-37(52)24(2)47-40(36)55/h4-11,18-19,21,24,31,36H,13-17,20,22,42-43H2,1-3H3,(H2,44,50)(H,45,54)(H,46,53)(H,47,55)(H,48,52)/b11-7+/t24-,31-,36-/m0/s1. The molecule has 3 aromatic carbocycles. The van der Waals surface area contributed by atoms with Gasteiger partial charge in [0.25, 0.3) is 5.91 Å². The maximum Gasteiger partial charge on any atom is 0.252 e. The van der Waals surface area contributed by atoms with E-state index in [1.54, 1.807) is 54.6 Å². The number of hydrogen-bond donors (Lipinski definition) is 7. The van der Waals surface area contributed by atoms with E-state index in [2.05, 4.69) is 21.3 Å². The van der Waals surface area contributed by atoms with Gasteiger partial charge >= 0.3 is 0 Å². The van der Waals surface area contributed by atoms with Gasteiger partial charge in [-0.05, 0) is 66.9 Å². The summed E-state index contributed by atoms with van der Waals surface area (Å²) >= 11 is 0. The number of carbonyl (C=O) groups excluding carboxylic acids is 6. The third kappa shape index (κ3) is 11.4. The number of ether oxygens (including phenoxy) is 2. The third-order valence-electron chi connectivity index (χ3n) is 8.88. The van der Waals surface area contributed by atoms with Crippen molar-refractivity contribution in [1.82, 2.24) is 26.2 Å². The summed E-state index contributed by atoms with van der Waals surface area (Å²) in [6.45, 7) is 3.07. The van der Waals surface area contributed by atoms with Crippen molar-refractivity contribution >= 4 is 41.5 Å². The number of carbonyl (C=O) groups is 6. The molecule has 0 saturated heterocycles. The van der Waals surface area contributed by atoms with E-state index in [-0.39, 0.29) is 44.8 Å². The van der Waals surface area contributed by atoms with Crippen molar-refractivity contribution in [1.29, 1.82) is 5.26 Å². The Bertz CT molecular complexity index is 2080. The van der Waals surface area contributed by atoms with Crippen molar-refractivity contribution in [3.8, 4) is 28.7 Å². The molecule has 1 aliphatic rings. The minimum atomic E-state index is -1.37. The second-order valence-corrected chi connectivity index (χ2v) is 13.1. The maximum atomic E-state index is 14.2. The highest BCUT2D eigenvalue weighted by atomic mass is 16.5. The molecule has 0 saturated carbocycles. The number of rotatable bonds is 14. The number of benzene rings is 3. The molecule has 4 bridgehead atoms. The molecule has 17 nitrogen and oxygen atoms in total. The van der Waals surface area contributed by atoms with Crippen molar-refractivity contribution in [2.24, 2.45) is 17.2 Å². The lowest BCUT2D eigenvalue weighted by molar-refractivity contribution is -0.139. The Balaban J connectivity index is 1.81. The molecule has 0 fully saturated rings. The van der Waals surface area contributed by atoms with Crippen molar-refractivity contribution in [2.75, 3.05) is 46.4 Å². The van der Waals surface area contributed by atoms with Crippen LogP contribution < -0.4 is 47.9 Å². The normalized spacial score (nSPS) is 16.6. The van der Waals surface area contributed by atoms with E-state index in [1.807, 2.05) is 13.0 Å². The summed E-state index contributed by atoms with van der Waals surface area (Å²) in [5.74, 6) is -3.32. The van der Waals surface area contributed by atoms with Crippen LogP contribution in [0.25, 0.3) is 17.2 Å². The molecular weight excluding hydrogens is 734 g/mol. The Morgan fingerprint density at radius 1 is 0.930 bits per heavy atom. The quantitative estimate of drug-likeness (QED) is 0.0842. The van der Waals surface area contributed by atoms with Gasteiger partial charge in [-0.25, -0.2) is 0 Å². The van der Waals surface area contributed by atoms with Crippen LogP contribution in [0.3, 0.4) is 0 Å². The van der Waals surface area contributed by atoms with Gasteiger partial charge in [0.2, 0.25) is 29.5 Å². The van der Waals surface area contributed by atoms with E-state index >= 15 is 0 Å². The molecule has 17 heteroatoms. The van der Waals surface area contributed by atoms with Gasteiger partial charge in [0.15, 0.2) is 0 Å². The van der Waals surface area contributed by atoms with Gasteiger partial charge < -0.3 is 52.8 Å². The summed E-state index contributed by atoms with van der Waals surface area (Å²) in [5.41, 5.74) is 20.1. The van der Waals surface area contributed by atoms with Crippen LogP contribution in [0.1, 0.15) is 45.6 Å². The molecule has 0 unspecified atom stereocenters. The summed E-state index contributed by atoms with van der Waals surface area (Å²) in [7, 11) is 1.38. The van der Waals surface area contributed by atoms with Crippen LogP contribution in [-0.4, -0.2) is 98.9 Å². The monoisotopic (exact) mass is 781 g/mol. The first kappa shape index (κ1) is 43.0. The molecular formula is C40H47N9O8. The summed E-state index contributed by atoms with van der Waals surface area (Å²) in [6.07, 6.45) is 2.52. The van der Waals surface area contributed by atoms with Crippen molar-refractivity contribution < 1.29 is 38.2 Å². The van der Waals surface area contributed by atoms with Gasteiger partial charge in [0.1, 0.15) is 49.4 Å². The average molecular weight is 782 g/mol. The Morgan fingerprint density at radius 3 is 2.25 bits per heavy atom. The van der Waals surface area contributed by atoms with Gasteiger partial charge in [0, 0.05) is 49.3 Å². The average Bonchev–Trinajstić information content (AvgIpc) is 3.19. The number of fused-ring (bicyclic) bond motifs is 5. The lowest BCUT2D eigenvalue weighted by Crippen LogP contribution is -2.55. The molecule has 0 radical (unpaired) electrons. The number of nitrogens with zero attached hydrogens (tertiary/aromatic N) is 2. The largest absolute Gasteiger partial charge is 0.492 e. The Hall–Kier alpha value is -6.77. The van der Waals surface area contributed by atoms with Gasteiger partial charge in [-0.3, -0.25) is 28.8 Å². The van der Waals surface area contributed by atoms with E-state index in [0.29, 0.717) is 39.3 Å². The highest BCUT2D eigenvalue weighted by Gasteiger charge is 2.33. The van der Waals surface area contributed by atoms with Crippen LogP contribution in [0.15, 0.2) is 60.7 Å². The molecule has 10 N–H and O–H groups in total. The summed E-state index contributed by atoms with van der Waals surface area (Å²) in [4.78, 5) is 80.7. The molecule has 57 heavy (non-hydrogen) atoms. The zero-order chi connectivity index (χ0) is 41.6. The molecule has 1 aliphatic heterocycles. The molecule has 0 aromatic heterocycles. The SMILES string of the molecule is Cc1ccc(C(=O)NCC(=O)N(C)[C@@H]2C(=O)N[C@@H](C)C(=O)N[C@H](C(=O)NCC#N)Cc3ccc(OCCN)c(c3)-c3cc2ccc3OCCN)c(/C=C/C(N)=O)c1. The predicted molar refractivity (Wildman–Crippen MR) is 210 cm³/mol. The first-order valence-corrected chi connectivity index (χ1v) is 18.1. The lowest BCUT2D eigenvalue weighted by atomic mass is 9.93. The summed E-state index contributed by atoms with van der Waals surface area (Å²) < 4.78 is 12.1. The van der Waals surface area contributed by atoms with Gasteiger partial charge in [-0.2, -0.15) is 5.26 Å². The number of amides is 6. The number of primary amides is 1. The molecule has 4 rings (SSSR count). The van der Waals surface area contributed by atoms with Gasteiger partial charge in [-0.1, -0.05) is 29.8 Å². The van der Waals surface area contributed by atoms with E-state index in [4.69, 9.17) is 31.9 Å². The molecule has 1 heterocycles. The summed E-state index contributed by atoms with van der Waals surface area (Å²) in [5, 5.41) is 19.5. The zero-order valence-electron chi connectivity index (χ0n) is 31.9. The topological polar surface area (TPSA) is 274 Å². The fraction of sp³-hybridized carbons (Fsp3) is 0.325. The molecule has 6 amide bonds. The predicted octanol–water partition coefficient (Wildman–Crippen LogP) is -0.0496. The molecule has 3 aromatic rings. The molecule has 3 atom stereocenters. The minimum Gasteiger partial charge on any atom is -0.492 e. The first-order valence-electron chi connectivity index (χ1n) is 18.1. The minimum absolute atomic E-state index is 0.00359. The summed E-state index contributed by atoms with van der Waals surface area (Å²) in [6, 6.07) is 13.1. The van der Waals surface area contributed by atoms with Gasteiger partial charge in [0.05, 0.1) is 12.6 Å². The number of likely N-dealkylation sites (N-methyl/N-ethyl adjacent to an activating group) is 1. The highest BCUT2D eigenvalue weighted by molar-refractivity contribution is 6.01. The van der Waals surface area contributed by atoms with Crippen LogP contribution in [-0.2, 0) is 30.4 Å². The number of nitrogens with one attached hydrogen (secondary N) is 4. The zero-order valence-corrected chi connectivity index (χ0v) is 31.9. The second-order valence-electron chi connectivity index (χ2n) is 13.1. The van der Waals surface area contributed by atoms with E-state index < -0.39 is 60.1 Å². The Morgan fingerprint density at radius 2 is 1.60 bits per heavy atom. The van der Waals surface area contributed by atoms with E-state index in [0.717, 1.165) is 16.5 Å². The number of hydrogen-bond acceptors (Lipinski definition) is 11. The smallest absolute Gasteiger partial charge is 0.252 e. The van der Waals surface area contributed by atoms with E-state index in [9.17, 15) is 28.8 Å². The van der Waals surface area contributed by atoms with Crippen LogP contribution in [0.5, 0.6) is 11.5 Å². The third-order valence-corrected chi connectivity index (χ3v) is 8.88. The maximum absolute atomic E-state index is 14.2. The second kappa shape index (κ2) is 20.2. The van der Waals surface area contributed by atoms with Crippen molar-refractivity contribution in [3.05, 3.63) is 88.5 Å². The number of nitrogens with two attached hydrogens (primary N) is 3. The van der Waals surface area contributed by atoms with E-state index in [1.165, 1.54) is 20.0 Å². The van der Waals surface area contributed by atoms with Gasteiger partial charge in [-0.15, -0.1) is 0 Å². The number of aryl methyl sites for hydroxylation is 1. The molecule has 0 aliphatic carbocycles. The lowest BCUT2D eigenvalue weighted by Gasteiger charge is -2.30. The Labute approximate surface area is 329 Å². The van der Waals surface area contributed by atoms with Crippen LogP contribution in [0.2, 0.25) is 0 Å². The fourth-order valence-corrected chi connectivity index (χ4v) is 6.05. The van der Waals surface area contributed by atoms with Crippen LogP contribution in [0, 0.1) is 18.3 Å². The fourth-order valence-electron chi connectivity index (χ4n) is 6.05. The first-order chi connectivity index (χ1) is 27.3. The Kier molecular flexibility index (Phi) is 15.3.